The Kier molecular flexibility index (Phi) is 2.73. The summed E-state index contributed by atoms with van der Waals surface area (Å²) in [7, 11) is 0. The van der Waals surface area contributed by atoms with Crippen molar-refractivity contribution in [3.63, 3.8) is 0 Å². The lowest BCUT2D eigenvalue weighted by Gasteiger charge is -2.34. The van der Waals surface area contributed by atoms with Gasteiger partial charge >= 0.3 is 0 Å². The van der Waals surface area contributed by atoms with E-state index in [2.05, 4.69) is 19.1 Å². The third-order valence-electron chi connectivity index (χ3n) is 2.85. The van der Waals surface area contributed by atoms with Gasteiger partial charge in [0.15, 0.2) is 0 Å². The smallest absolute Gasteiger partial charge is 0.119 e. The lowest BCUT2D eigenvalue weighted by Crippen LogP contribution is -2.37. The Morgan fingerprint density at radius 2 is 1.93 bits per heavy atom. The number of rotatable bonds is 3. The minimum Gasteiger partial charge on any atom is -0.490 e. The average molecular weight is 191 g/mol. The second-order valence-corrected chi connectivity index (χ2v) is 4.13. The summed E-state index contributed by atoms with van der Waals surface area (Å²) in [4.78, 5) is 0. The van der Waals surface area contributed by atoms with Crippen molar-refractivity contribution in [2.45, 2.75) is 25.9 Å². The van der Waals surface area contributed by atoms with Crippen LogP contribution >= 0.6 is 0 Å². The van der Waals surface area contributed by atoms with Crippen LogP contribution in [0.5, 0.6) is 5.75 Å². The maximum absolute atomic E-state index is 5.78. The van der Waals surface area contributed by atoms with E-state index in [-0.39, 0.29) is 0 Å². The van der Waals surface area contributed by atoms with Crippen molar-refractivity contribution in [3.05, 3.63) is 29.8 Å². The summed E-state index contributed by atoms with van der Waals surface area (Å²) in [5, 5.41) is 0. The van der Waals surface area contributed by atoms with E-state index in [9.17, 15) is 0 Å². The first-order valence-corrected chi connectivity index (χ1v) is 5.21. The van der Waals surface area contributed by atoms with Crippen molar-refractivity contribution in [1.29, 1.82) is 0 Å². The van der Waals surface area contributed by atoms with Gasteiger partial charge in [-0.3, -0.25) is 0 Å². The van der Waals surface area contributed by atoms with Gasteiger partial charge in [0.25, 0.3) is 0 Å². The molecule has 2 rings (SSSR count). The molecular weight excluding hydrogens is 174 g/mol. The molecule has 2 nitrogen and oxygen atoms in total. The van der Waals surface area contributed by atoms with Gasteiger partial charge in [-0.05, 0) is 44.4 Å². The molecule has 0 atom stereocenters. The van der Waals surface area contributed by atoms with Crippen LogP contribution in [0, 0.1) is 12.8 Å². The zero-order chi connectivity index (χ0) is 9.97. The van der Waals surface area contributed by atoms with Gasteiger partial charge in [0.2, 0.25) is 0 Å². The number of nitrogens with two attached hydrogens (primary N) is 1. The van der Waals surface area contributed by atoms with E-state index >= 15 is 0 Å². The Morgan fingerprint density at radius 3 is 2.50 bits per heavy atom. The summed E-state index contributed by atoms with van der Waals surface area (Å²) < 4.78 is 5.78. The van der Waals surface area contributed by atoms with E-state index in [1.54, 1.807) is 0 Å². The molecule has 0 aliphatic heterocycles. The number of benzene rings is 1. The molecule has 0 bridgehead atoms. The first-order valence-electron chi connectivity index (χ1n) is 5.21. The summed E-state index contributed by atoms with van der Waals surface area (Å²) >= 11 is 0. The molecule has 1 aliphatic carbocycles. The fourth-order valence-corrected chi connectivity index (χ4v) is 1.77. The highest BCUT2D eigenvalue weighted by atomic mass is 16.5. The Bertz CT molecular complexity index is 288. The van der Waals surface area contributed by atoms with Crippen molar-refractivity contribution in [1.82, 2.24) is 0 Å². The minimum absolute atomic E-state index is 0.395. The molecule has 1 aromatic carbocycles. The van der Waals surface area contributed by atoms with Crippen molar-refractivity contribution >= 4 is 0 Å². The zero-order valence-corrected chi connectivity index (χ0v) is 8.57. The Hall–Kier alpha value is -1.02. The number of hydrogen-bond acceptors (Lipinski definition) is 2. The van der Waals surface area contributed by atoms with Crippen LogP contribution in [-0.2, 0) is 0 Å². The van der Waals surface area contributed by atoms with Crippen LogP contribution in [0.1, 0.15) is 18.4 Å². The van der Waals surface area contributed by atoms with Crippen LogP contribution in [0.25, 0.3) is 0 Å². The van der Waals surface area contributed by atoms with Crippen molar-refractivity contribution in [2.24, 2.45) is 11.7 Å². The minimum atomic E-state index is 0.395. The van der Waals surface area contributed by atoms with E-state index < -0.39 is 0 Å². The third kappa shape index (κ3) is 2.07. The molecule has 1 aromatic rings. The van der Waals surface area contributed by atoms with Crippen LogP contribution in [0.3, 0.4) is 0 Å². The van der Waals surface area contributed by atoms with Crippen LogP contribution < -0.4 is 10.5 Å². The lowest BCUT2D eigenvalue weighted by atomic mass is 9.82. The molecule has 0 radical (unpaired) electrons. The largest absolute Gasteiger partial charge is 0.490 e. The van der Waals surface area contributed by atoms with E-state index in [4.69, 9.17) is 10.5 Å². The standard InChI is InChI=1S/C12H17NO/c1-9-2-4-11(5-3-9)14-12-6-10(7-12)8-13/h2-5,10,12H,6-8,13H2,1H3/t10-,12-. The molecule has 0 heterocycles. The normalized spacial score (nSPS) is 25.6. The van der Waals surface area contributed by atoms with Crippen LogP contribution in [0.4, 0.5) is 0 Å². The molecule has 2 N–H and O–H groups in total. The maximum Gasteiger partial charge on any atom is 0.119 e. The summed E-state index contributed by atoms with van der Waals surface area (Å²) in [6, 6.07) is 8.22. The average Bonchev–Trinajstić information content (AvgIpc) is 2.13. The molecule has 0 aromatic heterocycles. The maximum atomic E-state index is 5.78. The molecule has 0 saturated heterocycles. The molecule has 76 valence electrons. The summed E-state index contributed by atoms with van der Waals surface area (Å²) in [6.45, 7) is 2.88. The number of aryl methyl sites for hydroxylation is 1. The lowest BCUT2D eigenvalue weighted by molar-refractivity contribution is 0.0690. The Balaban J connectivity index is 1.84. The molecule has 1 fully saturated rings. The van der Waals surface area contributed by atoms with Crippen molar-refractivity contribution in [3.8, 4) is 5.75 Å². The molecule has 1 saturated carbocycles. The highest BCUT2D eigenvalue weighted by Gasteiger charge is 2.29. The highest BCUT2D eigenvalue weighted by molar-refractivity contribution is 5.26. The predicted molar refractivity (Wildman–Crippen MR) is 57.4 cm³/mol. The summed E-state index contributed by atoms with van der Waals surface area (Å²) in [5.41, 5.74) is 6.82. The van der Waals surface area contributed by atoms with Crippen LogP contribution in [0.15, 0.2) is 24.3 Å². The highest BCUT2D eigenvalue weighted by Crippen LogP contribution is 2.30. The Morgan fingerprint density at radius 1 is 1.29 bits per heavy atom. The predicted octanol–water partition coefficient (Wildman–Crippen LogP) is 2.11. The van der Waals surface area contributed by atoms with Gasteiger partial charge in [-0.25, -0.2) is 0 Å². The van der Waals surface area contributed by atoms with Gasteiger partial charge in [0.1, 0.15) is 5.75 Å². The molecule has 0 unspecified atom stereocenters. The quantitative estimate of drug-likeness (QED) is 0.794. The summed E-state index contributed by atoms with van der Waals surface area (Å²) in [6.07, 6.45) is 2.63. The molecule has 14 heavy (non-hydrogen) atoms. The summed E-state index contributed by atoms with van der Waals surface area (Å²) in [5.74, 6) is 1.67. The monoisotopic (exact) mass is 191 g/mol. The molecule has 1 aliphatic rings. The molecular formula is C12H17NO. The molecule has 0 amide bonds. The molecule has 2 heteroatoms. The van der Waals surface area contributed by atoms with Gasteiger partial charge in [0.05, 0.1) is 6.10 Å². The third-order valence-corrected chi connectivity index (χ3v) is 2.85. The SMILES string of the molecule is Cc1ccc(O[C@H]2C[C@H](CN)C2)cc1. The number of ether oxygens (including phenoxy) is 1. The first-order chi connectivity index (χ1) is 6.78. The second kappa shape index (κ2) is 4.01. The van der Waals surface area contributed by atoms with Crippen molar-refractivity contribution < 1.29 is 4.74 Å². The first kappa shape index (κ1) is 9.53. The van der Waals surface area contributed by atoms with E-state index in [0.717, 1.165) is 25.1 Å². The van der Waals surface area contributed by atoms with Gasteiger partial charge in [-0.2, -0.15) is 0 Å². The van der Waals surface area contributed by atoms with Gasteiger partial charge in [-0.15, -0.1) is 0 Å². The van der Waals surface area contributed by atoms with Gasteiger partial charge < -0.3 is 10.5 Å². The van der Waals surface area contributed by atoms with Crippen LogP contribution in [0.2, 0.25) is 0 Å². The Labute approximate surface area is 85.1 Å². The van der Waals surface area contributed by atoms with E-state index in [0.29, 0.717) is 12.0 Å². The van der Waals surface area contributed by atoms with Crippen LogP contribution in [-0.4, -0.2) is 12.6 Å². The topological polar surface area (TPSA) is 35.2 Å². The van der Waals surface area contributed by atoms with E-state index in [1.165, 1.54) is 5.56 Å². The van der Waals surface area contributed by atoms with E-state index in [1.807, 2.05) is 12.1 Å². The van der Waals surface area contributed by atoms with Gasteiger partial charge in [0, 0.05) is 0 Å². The number of hydrogen-bond donors (Lipinski definition) is 1. The molecule has 0 spiro atoms. The fourth-order valence-electron chi connectivity index (χ4n) is 1.77. The van der Waals surface area contributed by atoms with Crippen molar-refractivity contribution in [2.75, 3.05) is 6.54 Å². The second-order valence-electron chi connectivity index (χ2n) is 4.13. The zero-order valence-electron chi connectivity index (χ0n) is 8.57. The fraction of sp³-hybridized carbons (Fsp3) is 0.500. The van der Waals surface area contributed by atoms with Gasteiger partial charge in [-0.1, -0.05) is 17.7 Å².